The molecule has 2 fully saturated rings. The number of halogens is 1. The lowest BCUT2D eigenvalue weighted by Crippen LogP contribution is -2.44. The van der Waals surface area contributed by atoms with Crippen molar-refractivity contribution in [1.82, 2.24) is 9.21 Å². The number of nitrogens with zero attached hydrogens (tertiary/aromatic N) is 2. The van der Waals surface area contributed by atoms with Gasteiger partial charge in [-0.3, -0.25) is 4.79 Å². The van der Waals surface area contributed by atoms with Crippen molar-refractivity contribution >= 4 is 28.3 Å². The predicted octanol–water partition coefficient (Wildman–Crippen LogP) is 1.95. The van der Waals surface area contributed by atoms with Crippen molar-refractivity contribution in [3.8, 4) is 0 Å². The van der Waals surface area contributed by atoms with Crippen molar-refractivity contribution in [2.75, 3.05) is 26.2 Å². The summed E-state index contributed by atoms with van der Waals surface area (Å²) in [6, 6.07) is 5.68. The van der Waals surface area contributed by atoms with Crippen molar-refractivity contribution < 1.29 is 13.2 Å². The second kappa shape index (κ2) is 8.69. The third-order valence-corrected chi connectivity index (χ3v) is 8.19. The summed E-state index contributed by atoms with van der Waals surface area (Å²) >= 11 is 0. The molecule has 156 valence electrons. The van der Waals surface area contributed by atoms with Gasteiger partial charge in [-0.05, 0) is 68.2 Å². The van der Waals surface area contributed by atoms with Crippen molar-refractivity contribution in [3.63, 3.8) is 0 Å². The summed E-state index contributed by atoms with van der Waals surface area (Å²) in [6.45, 7) is 2.19. The molecule has 1 aromatic carbocycles. The second-order valence-corrected chi connectivity index (χ2v) is 10.1. The number of likely N-dealkylation sites (tertiary alicyclic amines) is 1. The zero-order chi connectivity index (χ0) is 19.0. The smallest absolute Gasteiger partial charge is 0.243 e. The number of rotatable bonds is 3. The SMILES string of the molecule is Cl.N[C@@H]1CCN(C(=O)C2CCN(S(=O)(=O)c3ccc4c(c3)CCCC4)CC2)C1. The number of carbonyl (C=O) groups is 1. The topological polar surface area (TPSA) is 83.7 Å². The highest BCUT2D eigenvalue weighted by Crippen LogP contribution is 2.29. The monoisotopic (exact) mass is 427 g/mol. The van der Waals surface area contributed by atoms with Gasteiger partial charge in [0.25, 0.3) is 0 Å². The molecule has 1 aliphatic carbocycles. The molecule has 0 aromatic heterocycles. The average Bonchev–Trinajstić information content (AvgIpc) is 3.13. The zero-order valence-electron chi connectivity index (χ0n) is 16.2. The molecule has 0 bridgehead atoms. The summed E-state index contributed by atoms with van der Waals surface area (Å²) in [4.78, 5) is 14.9. The molecule has 2 saturated heterocycles. The molecule has 2 aliphatic heterocycles. The van der Waals surface area contributed by atoms with E-state index in [0.717, 1.165) is 32.2 Å². The first-order chi connectivity index (χ1) is 12.9. The van der Waals surface area contributed by atoms with Gasteiger partial charge < -0.3 is 10.6 Å². The first-order valence-corrected chi connectivity index (χ1v) is 11.6. The number of carbonyl (C=O) groups excluding carboxylic acids is 1. The Hall–Kier alpha value is -1.15. The number of sulfonamides is 1. The number of piperidine rings is 1. The quantitative estimate of drug-likeness (QED) is 0.799. The van der Waals surface area contributed by atoms with E-state index < -0.39 is 10.0 Å². The van der Waals surface area contributed by atoms with Crippen LogP contribution in [0.4, 0.5) is 0 Å². The predicted molar refractivity (Wildman–Crippen MR) is 111 cm³/mol. The van der Waals surface area contributed by atoms with Gasteiger partial charge >= 0.3 is 0 Å². The van der Waals surface area contributed by atoms with Crippen LogP contribution in [0.3, 0.4) is 0 Å². The minimum absolute atomic E-state index is 0. The number of amides is 1. The van der Waals surface area contributed by atoms with Gasteiger partial charge in [0, 0.05) is 38.1 Å². The second-order valence-electron chi connectivity index (χ2n) is 8.15. The largest absolute Gasteiger partial charge is 0.341 e. The minimum Gasteiger partial charge on any atom is -0.341 e. The fourth-order valence-electron chi connectivity index (χ4n) is 4.61. The van der Waals surface area contributed by atoms with Crippen molar-refractivity contribution in [2.24, 2.45) is 11.7 Å². The number of nitrogens with two attached hydrogens (primary N) is 1. The van der Waals surface area contributed by atoms with E-state index in [2.05, 4.69) is 0 Å². The van der Waals surface area contributed by atoms with Gasteiger partial charge in [0.1, 0.15) is 0 Å². The van der Waals surface area contributed by atoms with Gasteiger partial charge in [-0.15, -0.1) is 12.4 Å². The van der Waals surface area contributed by atoms with Gasteiger partial charge in [-0.2, -0.15) is 4.31 Å². The van der Waals surface area contributed by atoms with Crippen molar-refractivity contribution in [3.05, 3.63) is 29.3 Å². The zero-order valence-corrected chi connectivity index (χ0v) is 17.8. The summed E-state index contributed by atoms with van der Waals surface area (Å²) in [7, 11) is -3.48. The molecular formula is C20H30ClN3O3S. The molecule has 4 rings (SSSR count). The Balaban J connectivity index is 0.00000225. The first-order valence-electron chi connectivity index (χ1n) is 10.1. The summed E-state index contributed by atoms with van der Waals surface area (Å²) in [5.74, 6) is 0.0686. The van der Waals surface area contributed by atoms with E-state index in [1.165, 1.54) is 17.5 Å². The van der Waals surface area contributed by atoms with E-state index in [9.17, 15) is 13.2 Å². The highest BCUT2D eigenvalue weighted by molar-refractivity contribution is 7.89. The fourth-order valence-corrected chi connectivity index (χ4v) is 6.13. The van der Waals surface area contributed by atoms with Crippen LogP contribution >= 0.6 is 12.4 Å². The van der Waals surface area contributed by atoms with Gasteiger partial charge in [0.2, 0.25) is 15.9 Å². The van der Waals surface area contributed by atoms with Crippen LogP contribution in [-0.2, 0) is 27.7 Å². The Kier molecular flexibility index (Phi) is 6.69. The van der Waals surface area contributed by atoms with E-state index in [1.807, 2.05) is 17.0 Å². The Morgan fingerprint density at radius 2 is 1.68 bits per heavy atom. The molecule has 2 N–H and O–H groups in total. The van der Waals surface area contributed by atoms with E-state index in [1.54, 1.807) is 10.4 Å². The third-order valence-electron chi connectivity index (χ3n) is 6.30. The van der Waals surface area contributed by atoms with Crippen molar-refractivity contribution in [1.29, 1.82) is 0 Å². The summed E-state index contributed by atoms with van der Waals surface area (Å²) < 4.78 is 27.7. The molecule has 0 radical (unpaired) electrons. The van der Waals surface area contributed by atoms with Crippen LogP contribution in [0.1, 0.15) is 43.2 Å². The molecule has 28 heavy (non-hydrogen) atoms. The fraction of sp³-hybridized carbons (Fsp3) is 0.650. The summed E-state index contributed by atoms with van der Waals surface area (Å²) in [5.41, 5.74) is 8.37. The van der Waals surface area contributed by atoms with Crippen LogP contribution in [0.2, 0.25) is 0 Å². The van der Waals surface area contributed by atoms with Crippen LogP contribution in [-0.4, -0.2) is 55.8 Å². The Labute approximate surface area is 173 Å². The molecule has 8 heteroatoms. The Morgan fingerprint density at radius 3 is 2.32 bits per heavy atom. The van der Waals surface area contributed by atoms with E-state index in [0.29, 0.717) is 37.4 Å². The molecular weight excluding hydrogens is 398 g/mol. The maximum atomic E-state index is 13.1. The normalized spacial score (nSPS) is 23.9. The number of benzene rings is 1. The minimum atomic E-state index is -3.48. The van der Waals surface area contributed by atoms with Gasteiger partial charge in [-0.25, -0.2) is 8.42 Å². The van der Waals surface area contributed by atoms with E-state index in [-0.39, 0.29) is 30.3 Å². The van der Waals surface area contributed by atoms with E-state index >= 15 is 0 Å². The number of hydrogen-bond donors (Lipinski definition) is 1. The maximum absolute atomic E-state index is 13.1. The molecule has 1 aromatic rings. The van der Waals surface area contributed by atoms with Gasteiger partial charge in [0.15, 0.2) is 0 Å². The van der Waals surface area contributed by atoms with Crippen LogP contribution in [0.15, 0.2) is 23.1 Å². The maximum Gasteiger partial charge on any atom is 0.243 e. The lowest BCUT2D eigenvalue weighted by Gasteiger charge is -2.32. The van der Waals surface area contributed by atoms with E-state index in [4.69, 9.17) is 5.73 Å². The molecule has 0 unspecified atom stereocenters. The molecule has 2 heterocycles. The molecule has 0 spiro atoms. The lowest BCUT2D eigenvalue weighted by atomic mass is 9.92. The van der Waals surface area contributed by atoms with Crippen LogP contribution in [0.25, 0.3) is 0 Å². The van der Waals surface area contributed by atoms with Crippen LogP contribution in [0.5, 0.6) is 0 Å². The Morgan fingerprint density at radius 1 is 1.00 bits per heavy atom. The van der Waals surface area contributed by atoms with Gasteiger partial charge in [0.05, 0.1) is 4.90 Å². The molecule has 1 amide bonds. The van der Waals surface area contributed by atoms with Crippen molar-refractivity contribution in [2.45, 2.75) is 55.9 Å². The number of aryl methyl sites for hydroxylation is 2. The highest BCUT2D eigenvalue weighted by Gasteiger charge is 2.35. The lowest BCUT2D eigenvalue weighted by molar-refractivity contribution is -0.135. The average molecular weight is 428 g/mol. The summed E-state index contributed by atoms with van der Waals surface area (Å²) in [5, 5.41) is 0. The molecule has 6 nitrogen and oxygen atoms in total. The van der Waals surface area contributed by atoms with Crippen LogP contribution < -0.4 is 5.73 Å². The molecule has 3 aliphatic rings. The standard InChI is InChI=1S/C20H29N3O3S.ClH/c21-18-9-10-22(14-18)20(24)16-7-11-23(12-8-16)27(25,26)19-6-5-15-3-1-2-4-17(15)13-19;/h5-6,13,16,18H,1-4,7-12,14,21H2;1H/t18-;/m1./s1. The van der Waals surface area contributed by atoms with Gasteiger partial charge in [-0.1, -0.05) is 6.07 Å². The third kappa shape index (κ3) is 4.22. The molecule has 0 saturated carbocycles. The molecule has 1 atom stereocenters. The summed E-state index contributed by atoms with van der Waals surface area (Å²) in [6.07, 6.45) is 6.37. The number of fused-ring (bicyclic) bond motifs is 1. The highest BCUT2D eigenvalue weighted by atomic mass is 35.5. The first kappa shape index (κ1) is 21.6. The number of hydrogen-bond acceptors (Lipinski definition) is 4. The Bertz CT molecular complexity index is 822. The van der Waals surface area contributed by atoms with Crippen LogP contribution in [0, 0.1) is 5.92 Å².